The fourth-order valence-corrected chi connectivity index (χ4v) is 3.72. The van der Waals surface area contributed by atoms with Crippen molar-refractivity contribution < 1.29 is 23.1 Å². The standard InChI is InChI=1S/C12H13Cl2NO5S/c1-15(2)9(16)5-6-21(19,20)8-4-3-7(13)10(11(8)14)12(17)18/h3-4H,5-6H2,1-2H3,(H,17,18). The van der Waals surface area contributed by atoms with Crippen LogP contribution in [0.1, 0.15) is 16.8 Å². The Balaban J connectivity index is 3.18. The number of carbonyl (C=O) groups is 2. The number of carbonyl (C=O) groups excluding carboxylic acids is 1. The van der Waals surface area contributed by atoms with Crippen LogP contribution in [0.25, 0.3) is 0 Å². The van der Waals surface area contributed by atoms with Crippen molar-refractivity contribution >= 4 is 44.9 Å². The zero-order chi connectivity index (χ0) is 16.4. The van der Waals surface area contributed by atoms with Crippen LogP contribution in [0.2, 0.25) is 10.0 Å². The van der Waals surface area contributed by atoms with E-state index in [1.54, 1.807) is 0 Å². The quantitative estimate of drug-likeness (QED) is 0.873. The summed E-state index contributed by atoms with van der Waals surface area (Å²) in [7, 11) is -0.880. The van der Waals surface area contributed by atoms with E-state index in [0.29, 0.717) is 0 Å². The monoisotopic (exact) mass is 353 g/mol. The molecule has 9 heteroatoms. The first kappa shape index (κ1) is 17.7. The number of sulfone groups is 1. The van der Waals surface area contributed by atoms with Crippen LogP contribution in [0.15, 0.2) is 17.0 Å². The van der Waals surface area contributed by atoms with Crippen LogP contribution in [-0.4, -0.2) is 50.1 Å². The lowest BCUT2D eigenvalue weighted by atomic mass is 10.2. The number of carboxylic acids is 1. The number of amides is 1. The molecule has 116 valence electrons. The first-order valence-electron chi connectivity index (χ1n) is 5.72. The molecule has 21 heavy (non-hydrogen) atoms. The average molecular weight is 354 g/mol. The van der Waals surface area contributed by atoms with Crippen molar-refractivity contribution in [3.05, 3.63) is 27.7 Å². The average Bonchev–Trinajstić information content (AvgIpc) is 2.35. The summed E-state index contributed by atoms with van der Waals surface area (Å²) in [6.07, 6.45) is -0.226. The van der Waals surface area contributed by atoms with Crippen LogP contribution in [0.3, 0.4) is 0 Å². The van der Waals surface area contributed by atoms with Gasteiger partial charge in [0.1, 0.15) is 0 Å². The number of carboxylic acid groups (broad SMARTS) is 1. The molecule has 1 aromatic rings. The zero-order valence-electron chi connectivity index (χ0n) is 11.3. The third-order valence-electron chi connectivity index (χ3n) is 2.69. The Morgan fingerprint density at radius 2 is 1.81 bits per heavy atom. The van der Waals surface area contributed by atoms with E-state index in [1.165, 1.54) is 19.0 Å². The number of aromatic carboxylic acids is 1. The molecule has 1 amide bonds. The lowest BCUT2D eigenvalue weighted by molar-refractivity contribution is -0.128. The molecule has 0 aromatic heterocycles. The van der Waals surface area contributed by atoms with E-state index in [2.05, 4.69) is 0 Å². The summed E-state index contributed by atoms with van der Waals surface area (Å²) in [5.74, 6) is -2.25. The SMILES string of the molecule is CN(C)C(=O)CCS(=O)(=O)c1ccc(Cl)c(C(=O)O)c1Cl. The summed E-state index contributed by atoms with van der Waals surface area (Å²) < 4.78 is 24.3. The minimum Gasteiger partial charge on any atom is -0.478 e. The summed E-state index contributed by atoms with van der Waals surface area (Å²) in [6, 6.07) is 2.28. The second-order valence-electron chi connectivity index (χ2n) is 4.40. The maximum Gasteiger partial charge on any atom is 0.338 e. The number of benzene rings is 1. The Labute approximate surface area is 132 Å². The molecule has 0 saturated carbocycles. The van der Waals surface area contributed by atoms with Gasteiger partial charge in [0.25, 0.3) is 0 Å². The third-order valence-corrected chi connectivity index (χ3v) is 5.26. The van der Waals surface area contributed by atoms with Crippen molar-refractivity contribution in [3.63, 3.8) is 0 Å². The predicted molar refractivity (Wildman–Crippen MR) is 78.8 cm³/mol. The Kier molecular flexibility index (Phi) is 5.61. The molecule has 1 aromatic carbocycles. The molecule has 0 unspecified atom stereocenters. The van der Waals surface area contributed by atoms with E-state index in [4.69, 9.17) is 28.3 Å². The van der Waals surface area contributed by atoms with Crippen molar-refractivity contribution in [1.29, 1.82) is 0 Å². The van der Waals surface area contributed by atoms with Crippen molar-refractivity contribution in [1.82, 2.24) is 4.90 Å². The summed E-state index contributed by atoms with van der Waals surface area (Å²) >= 11 is 11.5. The van der Waals surface area contributed by atoms with Gasteiger partial charge >= 0.3 is 5.97 Å². The van der Waals surface area contributed by atoms with Gasteiger partial charge in [-0.1, -0.05) is 23.2 Å². The number of hydrogen-bond donors (Lipinski definition) is 1. The zero-order valence-corrected chi connectivity index (χ0v) is 13.6. The van der Waals surface area contributed by atoms with Crippen molar-refractivity contribution in [2.45, 2.75) is 11.3 Å². The van der Waals surface area contributed by atoms with Crippen LogP contribution in [0, 0.1) is 0 Å². The largest absolute Gasteiger partial charge is 0.478 e. The van der Waals surface area contributed by atoms with Gasteiger partial charge in [0, 0.05) is 20.5 Å². The van der Waals surface area contributed by atoms with Gasteiger partial charge in [0.05, 0.1) is 26.3 Å². The second kappa shape index (κ2) is 6.64. The minimum absolute atomic E-state index is 0.157. The molecule has 6 nitrogen and oxygen atoms in total. The van der Waals surface area contributed by atoms with E-state index in [1.807, 2.05) is 0 Å². The lowest BCUT2D eigenvalue weighted by Gasteiger charge is -2.12. The number of halogens is 2. The van der Waals surface area contributed by atoms with E-state index in [0.717, 1.165) is 12.1 Å². The first-order valence-corrected chi connectivity index (χ1v) is 8.13. The number of nitrogens with zero attached hydrogens (tertiary/aromatic N) is 1. The molecular formula is C12H13Cl2NO5S. The van der Waals surface area contributed by atoms with Gasteiger partial charge in [-0.05, 0) is 12.1 Å². The smallest absolute Gasteiger partial charge is 0.338 e. The molecular weight excluding hydrogens is 341 g/mol. The van der Waals surface area contributed by atoms with Crippen LogP contribution < -0.4 is 0 Å². The fraction of sp³-hybridized carbons (Fsp3) is 0.333. The highest BCUT2D eigenvalue weighted by Gasteiger charge is 2.25. The van der Waals surface area contributed by atoms with E-state index < -0.39 is 32.1 Å². The van der Waals surface area contributed by atoms with Crippen LogP contribution >= 0.6 is 23.2 Å². The van der Waals surface area contributed by atoms with Crippen LogP contribution in [0.5, 0.6) is 0 Å². The van der Waals surface area contributed by atoms with Gasteiger partial charge in [0.2, 0.25) is 5.91 Å². The molecule has 0 aliphatic rings. The molecule has 0 aliphatic carbocycles. The highest BCUT2D eigenvalue weighted by Crippen LogP contribution is 2.31. The Morgan fingerprint density at radius 1 is 1.24 bits per heavy atom. The second-order valence-corrected chi connectivity index (χ2v) is 7.26. The molecule has 0 saturated heterocycles. The van der Waals surface area contributed by atoms with Crippen molar-refractivity contribution in [2.75, 3.05) is 19.8 Å². The fourth-order valence-electron chi connectivity index (χ4n) is 1.52. The van der Waals surface area contributed by atoms with Crippen molar-refractivity contribution in [3.8, 4) is 0 Å². The summed E-state index contributed by atoms with van der Waals surface area (Å²) in [5.41, 5.74) is -0.474. The summed E-state index contributed by atoms with van der Waals surface area (Å²) in [6.45, 7) is 0. The number of rotatable bonds is 5. The molecule has 0 fully saturated rings. The Bertz CT molecular complexity index is 685. The van der Waals surface area contributed by atoms with Gasteiger partial charge in [-0.2, -0.15) is 0 Å². The molecule has 0 bridgehead atoms. The topological polar surface area (TPSA) is 91.8 Å². The van der Waals surface area contributed by atoms with Crippen molar-refractivity contribution in [2.24, 2.45) is 0 Å². The first-order chi connectivity index (χ1) is 9.58. The highest BCUT2D eigenvalue weighted by atomic mass is 35.5. The van der Waals surface area contributed by atoms with E-state index in [-0.39, 0.29) is 22.2 Å². The Hall–Kier alpha value is -1.31. The molecule has 0 aliphatic heterocycles. The number of hydrogen-bond acceptors (Lipinski definition) is 4. The summed E-state index contributed by atoms with van der Waals surface area (Å²) in [4.78, 5) is 23.4. The third kappa shape index (κ3) is 4.09. The van der Waals surface area contributed by atoms with Gasteiger partial charge in [-0.25, -0.2) is 13.2 Å². The lowest BCUT2D eigenvalue weighted by Crippen LogP contribution is -2.24. The maximum absolute atomic E-state index is 12.2. The normalized spacial score (nSPS) is 11.2. The van der Waals surface area contributed by atoms with E-state index in [9.17, 15) is 18.0 Å². The molecule has 1 N–H and O–H groups in total. The Morgan fingerprint density at radius 3 is 2.29 bits per heavy atom. The minimum atomic E-state index is -3.89. The molecule has 0 radical (unpaired) electrons. The molecule has 0 atom stereocenters. The molecule has 1 rings (SSSR count). The molecule has 0 heterocycles. The summed E-state index contributed by atoms with van der Waals surface area (Å²) in [5, 5.41) is 8.39. The predicted octanol–water partition coefficient (Wildman–Crippen LogP) is 1.94. The van der Waals surface area contributed by atoms with Gasteiger partial charge < -0.3 is 10.0 Å². The maximum atomic E-state index is 12.2. The van der Waals surface area contributed by atoms with Gasteiger partial charge in [-0.3, -0.25) is 4.79 Å². The van der Waals surface area contributed by atoms with Gasteiger partial charge in [-0.15, -0.1) is 0 Å². The van der Waals surface area contributed by atoms with Gasteiger partial charge in [0.15, 0.2) is 9.84 Å². The molecule has 0 spiro atoms. The van der Waals surface area contributed by atoms with Crippen LogP contribution in [-0.2, 0) is 14.6 Å². The van der Waals surface area contributed by atoms with Crippen LogP contribution in [0.4, 0.5) is 0 Å². The van der Waals surface area contributed by atoms with E-state index >= 15 is 0 Å². The highest BCUT2D eigenvalue weighted by molar-refractivity contribution is 7.91.